The third kappa shape index (κ3) is 3.19. The van der Waals surface area contributed by atoms with Crippen LogP contribution in [0.2, 0.25) is 0 Å². The van der Waals surface area contributed by atoms with Crippen LogP contribution in [0.1, 0.15) is 23.1 Å². The highest BCUT2D eigenvalue weighted by molar-refractivity contribution is 5.96. The second-order valence-corrected chi connectivity index (χ2v) is 5.66. The number of hydrogen-bond donors (Lipinski definition) is 0. The first kappa shape index (κ1) is 15.1. The minimum absolute atomic E-state index is 0.000323. The van der Waals surface area contributed by atoms with Crippen LogP contribution in [0.25, 0.3) is 0 Å². The second kappa shape index (κ2) is 6.53. The van der Waals surface area contributed by atoms with Crippen LogP contribution in [0.15, 0.2) is 42.5 Å². The molecule has 0 fully saturated rings. The second-order valence-electron chi connectivity index (χ2n) is 5.66. The highest BCUT2D eigenvalue weighted by Crippen LogP contribution is 2.30. The lowest BCUT2D eigenvalue weighted by atomic mass is 9.98. The Morgan fingerprint density at radius 3 is 2.78 bits per heavy atom. The van der Waals surface area contributed by atoms with Gasteiger partial charge in [0.25, 0.3) is 5.91 Å². The Bertz CT molecular complexity index is 760. The number of nitriles is 1. The molecule has 0 N–H and O–H groups in total. The van der Waals surface area contributed by atoms with Gasteiger partial charge in [-0.2, -0.15) is 5.26 Å². The van der Waals surface area contributed by atoms with Gasteiger partial charge in [0.15, 0.2) is 6.61 Å². The van der Waals surface area contributed by atoms with E-state index in [1.165, 1.54) is 5.56 Å². The van der Waals surface area contributed by atoms with Crippen LogP contribution in [0.4, 0.5) is 5.69 Å². The van der Waals surface area contributed by atoms with Gasteiger partial charge >= 0.3 is 0 Å². The van der Waals surface area contributed by atoms with Gasteiger partial charge in [0, 0.05) is 12.2 Å². The number of anilines is 1. The van der Waals surface area contributed by atoms with Crippen molar-refractivity contribution in [2.24, 2.45) is 0 Å². The minimum atomic E-state index is -0.0374. The summed E-state index contributed by atoms with van der Waals surface area (Å²) < 4.78 is 5.57. The molecule has 4 nitrogen and oxygen atoms in total. The topological polar surface area (TPSA) is 53.3 Å². The molecule has 0 saturated heterocycles. The van der Waals surface area contributed by atoms with Gasteiger partial charge in [-0.25, -0.2) is 0 Å². The van der Waals surface area contributed by atoms with Crippen LogP contribution in [-0.2, 0) is 11.2 Å². The van der Waals surface area contributed by atoms with Crippen LogP contribution < -0.4 is 9.64 Å². The number of carbonyl (C=O) groups is 1. The first-order valence-corrected chi connectivity index (χ1v) is 7.71. The summed E-state index contributed by atoms with van der Waals surface area (Å²) in [6.45, 7) is 2.76. The Morgan fingerprint density at radius 2 is 2.04 bits per heavy atom. The predicted molar refractivity (Wildman–Crippen MR) is 88.5 cm³/mol. The molecule has 1 aliphatic rings. The molecule has 3 rings (SSSR count). The average molecular weight is 306 g/mol. The summed E-state index contributed by atoms with van der Waals surface area (Å²) in [4.78, 5) is 14.4. The molecule has 0 bridgehead atoms. The number of para-hydroxylation sites is 1. The van der Waals surface area contributed by atoms with E-state index in [9.17, 15) is 4.79 Å². The first-order chi connectivity index (χ1) is 11.2. The van der Waals surface area contributed by atoms with Crippen molar-refractivity contribution in [3.63, 3.8) is 0 Å². The van der Waals surface area contributed by atoms with Crippen molar-refractivity contribution >= 4 is 11.6 Å². The molecule has 4 heteroatoms. The van der Waals surface area contributed by atoms with Crippen molar-refractivity contribution in [2.75, 3.05) is 18.1 Å². The number of rotatable bonds is 3. The van der Waals surface area contributed by atoms with Crippen molar-refractivity contribution in [2.45, 2.75) is 19.8 Å². The Hall–Kier alpha value is -2.80. The van der Waals surface area contributed by atoms with Crippen molar-refractivity contribution in [3.05, 3.63) is 59.2 Å². The number of ether oxygens (including phenoxy) is 1. The maximum Gasteiger partial charge on any atom is 0.264 e. The SMILES string of the molecule is Cc1cccc2c1N(C(=O)COc1ccc(C#N)cc1)CCC2. The lowest BCUT2D eigenvalue weighted by Gasteiger charge is -2.31. The molecular formula is C19H18N2O2. The Labute approximate surface area is 135 Å². The number of hydrogen-bond acceptors (Lipinski definition) is 3. The molecule has 0 atom stereocenters. The molecule has 2 aromatic rings. The van der Waals surface area contributed by atoms with Crippen LogP contribution in [0.5, 0.6) is 5.75 Å². The van der Waals surface area contributed by atoms with Gasteiger partial charge in [-0.15, -0.1) is 0 Å². The zero-order valence-electron chi connectivity index (χ0n) is 13.1. The van der Waals surface area contributed by atoms with E-state index in [1.54, 1.807) is 24.3 Å². The molecule has 0 unspecified atom stereocenters. The Balaban J connectivity index is 1.71. The van der Waals surface area contributed by atoms with Gasteiger partial charge < -0.3 is 9.64 Å². The number of aryl methyl sites for hydroxylation is 2. The van der Waals surface area contributed by atoms with Gasteiger partial charge in [-0.1, -0.05) is 18.2 Å². The summed E-state index contributed by atoms with van der Waals surface area (Å²) in [6, 6.07) is 15.0. The summed E-state index contributed by atoms with van der Waals surface area (Å²) in [7, 11) is 0. The average Bonchev–Trinajstić information content (AvgIpc) is 2.60. The van der Waals surface area contributed by atoms with Crippen LogP contribution in [0, 0.1) is 18.3 Å². The highest BCUT2D eigenvalue weighted by Gasteiger charge is 2.24. The smallest absolute Gasteiger partial charge is 0.264 e. The Kier molecular flexibility index (Phi) is 4.29. The van der Waals surface area contributed by atoms with Crippen LogP contribution >= 0.6 is 0 Å². The van der Waals surface area contributed by atoms with Gasteiger partial charge in [0.05, 0.1) is 11.6 Å². The van der Waals surface area contributed by atoms with E-state index in [2.05, 4.69) is 12.1 Å². The Morgan fingerprint density at radius 1 is 1.26 bits per heavy atom. The highest BCUT2D eigenvalue weighted by atomic mass is 16.5. The molecule has 1 heterocycles. The van der Waals surface area contributed by atoms with Crippen molar-refractivity contribution < 1.29 is 9.53 Å². The molecule has 0 radical (unpaired) electrons. The lowest BCUT2D eigenvalue weighted by molar-refractivity contribution is -0.120. The van der Waals surface area contributed by atoms with Gasteiger partial charge in [0.2, 0.25) is 0 Å². The number of carbonyl (C=O) groups excluding carboxylic acids is 1. The van der Waals surface area contributed by atoms with Crippen molar-refractivity contribution in [3.8, 4) is 11.8 Å². The lowest BCUT2D eigenvalue weighted by Crippen LogP contribution is -2.39. The monoisotopic (exact) mass is 306 g/mol. The van der Waals surface area contributed by atoms with E-state index < -0.39 is 0 Å². The van der Waals surface area contributed by atoms with E-state index in [1.807, 2.05) is 24.0 Å². The van der Waals surface area contributed by atoms with Gasteiger partial charge in [0.1, 0.15) is 5.75 Å². The fraction of sp³-hybridized carbons (Fsp3) is 0.263. The maximum absolute atomic E-state index is 12.6. The van der Waals surface area contributed by atoms with Crippen LogP contribution in [-0.4, -0.2) is 19.1 Å². The molecule has 1 aliphatic heterocycles. The number of amides is 1. The summed E-state index contributed by atoms with van der Waals surface area (Å²) in [5.74, 6) is 0.559. The third-order valence-electron chi connectivity index (χ3n) is 4.07. The van der Waals surface area contributed by atoms with Gasteiger partial charge in [-0.3, -0.25) is 4.79 Å². The van der Waals surface area contributed by atoms with E-state index >= 15 is 0 Å². The summed E-state index contributed by atoms with van der Waals surface area (Å²) in [5, 5.41) is 8.78. The maximum atomic E-state index is 12.6. The number of nitrogens with zero attached hydrogens (tertiary/aromatic N) is 2. The van der Waals surface area contributed by atoms with E-state index in [-0.39, 0.29) is 12.5 Å². The normalized spacial score (nSPS) is 13.1. The van der Waals surface area contributed by atoms with Crippen molar-refractivity contribution in [1.29, 1.82) is 5.26 Å². The molecule has 23 heavy (non-hydrogen) atoms. The summed E-state index contributed by atoms with van der Waals surface area (Å²) in [5.41, 5.74) is 3.95. The molecule has 1 amide bonds. The van der Waals surface area contributed by atoms with E-state index in [4.69, 9.17) is 10.00 Å². The molecule has 116 valence electrons. The third-order valence-corrected chi connectivity index (χ3v) is 4.07. The molecule has 0 saturated carbocycles. The fourth-order valence-corrected chi connectivity index (χ4v) is 2.95. The number of benzene rings is 2. The fourth-order valence-electron chi connectivity index (χ4n) is 2.95. The molecule has 0 aromatic heterocycles. The van der Waals surface area contributed by atoms with Crippen molar-refractivity contribution in [1.82, 2.24) is 0 Å². The molecule has 0 aliphatic carbocycles. The molecule has 2 aromatic carbocycles. The van der Waals surface area contributed by atoms with Gasteiger partial charge in [-0.05, 0) is 55.2 Å². The quantitative estimate of drug-likeness (QED) is 0.875. The summed E-state index contributed by atoms with van der Waals surface area (Å²) in [6.07, 6.45) is 1.98. The van der Waals surface area contributed by atoms with E-state index in [0.29, 0.717) is 11.3 Å². The van der Waals surface area contributed by atoms with Crippen LogP contribution in [0.3, 0.4) is 0 Å². The van der Waals surface area contributed by atoms with E-state index in [0.717, 1.165) is 30.6 Å². The standard InChI is InChI=1S/C19H18N2O2/c1-14-4-2-5-16-6-3-11-21(19(14)16)18(22)13-23-17-9-7-15(12-20)8-10-17/h2,4-5,7-10H,3,6,11,13H2,1H3. The largest absolute Gasteiger partial charge is 0.484 e. The number of fused-ring (bicyclic) bond motifs is 1. The predicted octanol–water partition coefficient (Wildman–Crippen LogP) is 3.22. The minimum Gasteiger partial charge on any atom is -0.484 e. The zero-order chi connectivity index (χ0) is 16.2. The summed E-state index contributed by atoms with van der Waals surface area (Å²) >= 11 is 0. The molecular weight excluding hydrogens is 288 g/mol. The first-order valence-electron chi connectivity index (χ1n) is 7.71. The zero-order valence-corrected chi connectivity index (χ0v) is 13.1. The molecule has 0 spiro atoms.